The van der Waals surface area contributed by atoms with E-state index in [0.717, 1.165) is 35.5 Å². The molecule has 1 N–H and O–H groups in total. The van der Waals surface area contributed by atoms with Crippen LogP contribution in [0.25, 0.3) is 0 Å². The normalized spacial score (nSPS) is 11.4. The van der Waals surface area contributed by atoms with E-state index in [-0.39, 0.29) is 11.4 Å². The maximum Gasteiger partial charge on any atom is 0.308 e. The van der Waals surface area contributed by atoms with E-state index >= 15 is 0 Å². The fourth-order valence-electron chi connectivity index (χ4n) is 5.53. The van der Waals surface area contributed by atoms with E-state index in [0.29, 0.717) is 30.1 Å². The Kier molecular flexibility index (Phi) is 16.6. The molecular weight excluding hydrogens is 610 g/mol. The summed E-state index contributed by atoms with van der Waals surface area (Å²) < 4.78 is 17.2. The molecule has 0 amide bonds. The largest absolute Gasteiger partial charge is 0.508 e. The Labute approximate surface area is 296 Å². The van der Waals surface area contributed by atoms with E-state index in [1.54, 1.807) is 24.3 Å². The summed E-state index contributed by atoms with van der Waals surface area (Å²) in [5, 5.41) is 8.76. The van der Waals surface area contributed by atoms with Gasteiger partial charge in [0.05, 0.1) is 27.3 Å². The number of esters is 1. The second-order valence-corrected chi connectivity index (χ2v) is 15.2. The van der Waals surface area contributed by atoms with Gasteiger partial charge in [0.25, 0.3) is 0 Å². The maximum absolute atomic E-state index is 10.5. The molecule has 0 atom stereocenters. The number of aromatic hydroxyl groups is 1. The molecule has 0 saturated carbocycles. The predicted molar refractivity (Wildman–Crippen MR) is 202 cm³/mol. The molecule has 0 bridgehead atoms. The summed E-state index contributed by atoms with van der Waals surface area (Å²) in [6.07, 6.45) is 1.17. The first-order chi connectivity index (χ1) is 22.9. The van der Waals surface area contributed by atoms with Gasteiger partial charge in [-0.1, -0.05) is 112 Å². The second kappa shape index (κ2) is 19.8. The van der Waals surface area contributed by atoms with Crippen LogP contribution < -0.4 is 9.47 Å². The Morgan fingerprint density at radius 1 is 0.694 bits per heavy atom. The number of phenolic OH excluding ortho intramolecular Hbond substituents is 1. The van der Waals surface area contributed by atoms with Crippen LogP contribution in [0.1, 0.15) is 70.2 Å². The van der Waals surface area contributed by atoms with Crippen LogP contribution in [0.4, 0.5) is 0 Å². The van der Waals surface area contributed by atoms with Gasteiger partial charge in [-0.25, -0.2) is 0 Å². The molecule has 49 heavy (non-hydrogen) atoms. The van der Waals surface area contributed by atoms with Crippen LogP contribution in [-0.4, -0.2) is 56.0 Å². The fraction of sp³-hybridized carbons (Fsp3) is 0.419. The van der Waals surface area contributed by atoms with Gasteiger partial charge < -0.3 is 23.8 Å². The van der Waals surface area contributed by atoms with Crippen molar-refractivity contribution in [1.29, 1.82) is 0 Å². The van der Waals surface area contributed by atoms with Crippen molar-refractivity contribution in [2.45, 2.75) is 73.8 Å². The van der Waals surface area contributed by atoms with Crippen LogP contribution in [0.15, 0.2) is 103 Å². The Bertz CT molecular complexity index is 1470. The number of likely N-dealkylation sites (N-methyl/N-ethyl adjacent to an activating group) is 1. The quantitative estimate of drug-likeness (QED) is 0.0704. The molecular formula is C43H60NO5+. The standard InChI is InChI=1S/C27H42NO2.C9H10O2.C7H8O/c1-26(2,3)22-27(4,5)24-15-13-23(14-16-24)21-28(6,7)17-18-29-19-20-30-25-11-9-8-10-12-25;1-7-3-5-9(6-4-7)11-8(2)10;1-6-2-4-7(8)5-3-6/h8-16H,17-22H2,1-7H3;3-6H,1-2H3;2-5,8H,1H3/q+1;;. The number of carbonyl (C=O) groups is 1. The third kappa shape index (κ3) is 18.3. The highest BCUT2D eigenvalue weighted by atomic mass is 16.5. The summed E-state index contributed by atoms with van der Waals surface area (Å²) in [5.41, 5.74) is 5.64. The van der Waals surface area contributed by atoms with Gasteiger partial charge in [0.2, 0.25) is 0 Å². The van der Waals surface area contributed by atoms with Crippen LogP contribution in [0.2, 0.25) is 0 Å². The summed E-state index contributed by atoms with van der Waals surface area (Å²) in [6.45, 7) is 20.9. The number of para-hydroxylation sites is 1. The van der Waals surface area contributed by atoms with E-state index in [2.05, 4.69) is 73.0 Å². The molecule has 0 aliphatic carbocycles. The lowest BCUT2D eigenvalue weighted by Gasteiger charge is -2.33. The summed E-state index contributed by atoms with van der Waals surface area (Å²) >= 11 is 0. The molecule has 0 aliphatic rings. The topological polar surface area (TPSA) is 65.0 Å². The van der Waals surface area contributed by atoms with Gasteiger partial charge in [-0.3, -0.25) is 4.79 Å². The first-order valence-corrected chi connectivity index (χ1v) is 17.1. The monoisotopic (exact) mass is 670 g/mol. The van der Waals surface area contributed by atoms with Gasteiger partial charge >= 0.3 is 5.97 Å². The molecule has 0 aromatic heterocycles. The molecule has 6 nitrogen and oxygen atoms in total. The number of nitrogens with zero attached hydrogens (tertiary/aromatic N) is 1. The van der Waals surface area contributed by atoms with Crippen molar-refractivity contribution >= 4 is 5.97 Å². The number of benzene rings is 4. The molecule has 0 radical (unpaired) electrons. The SMILES string of the molecule is CC(=O)Oc1ccc(C)cc1.CC(C)(C)CC(C)(C)c1ccc(C[N+](C)(C)CCOCCOc2ccccc2)cc1.Cc1ccc(O)cc1. The fourth-order valence-corrected chi connectivity index (χ4v) is 5.53. The number of hydrogen-bond donors (Lipinski definition) is 1. The van der Waals surface area contributed by atoms with Crippen molar-refractivity contribution < 1.29 is 28.6 Å². The van der Waals surface area contributed by atoms with Crippen LogP contribution >= 0.6 is 0 Å². The number of aryl methyl sites for hydroxylation is 2. The highest BCUT2D eigenvalue weighted by Crippen LogP contribution is 2.36. The minimum absolute atomic E-state index is 0.191. The number of carbonyl (C=O) groups excluding carboxylic acids is 1. The summed E-state index contributed by atoms with van der Waals surface area (Å²) in [4.78, 5) is 10.5. The third-order valence-electron chi connectivity index (χ3n) is 7.72. The van der Waals surface area contributed by atoms with Crippen molar-refractivity contribution in [3.63, 3.8) is 0 Å². The number of quaternary nitrogens is 1. The highest BCUT2D eigenvalue weighted by Gasteiger charge is 2.27. The van der Waals surface area contributed by atoms with Crippen molar-refractivity contribution in [3.05, 3.63) is 125 Å². The lowest BCUT2D eigenvalue weighted by atomic mass is 9.72. The van der Waals surface area contributed by atoms with Crippen LogP contribution in [0.5, 0.6) is 17.2 Å². The molecule has 0 aliphatic heterocycles. The minimum Gasteiger partial charge on any atom is -0.508 e. The molecule has 0 unspecified atom stereocenters. The smallest absolute Gasteiger partial charge is 0.308 e. The lowest BCUT2D eigenvalue weighted by Crippen LogP contribution is -2.41. The van der Waals surface area contributed by atoms with Crippen molar-refractivity contribution in [3.8, 4) is 17.2 Å². The Morgan fingerprint density at radius 2 is 1.24 bits per heavy atom. The number of phenols is 1. The predicted octanol–water partition coefficient (Wildman–Crippen LogP) is 9.69. The van der Waals surface area contributed by atoms with Crippen molar-refractivity contribution in [2.75, 3.05) is 40.5 Å². The average molecular weight is 671 g/mol. The first-order valence-electron chi connectivity index (χ1n) is 17.1. The minimum atomic E-state index is -0.283. The summed E-state index contributed by atoms with van der Waals surface area (Å²) in [5.74, 6) is 1.54. The van der Waals surface area contributed by atoms with Gasteiger partial charge in [0.1, 0.15) is 36.9 Å². The Morgan fingerprint density at radius 3 is 1.76 bits per heavy atom. The van der Waals surface area contributed by atoms with E-state index in [9.17, 15) is 4.79 Å². The first kappa shape index (κ1) is 41.0. The number of ether oxygens (including phenoxy) is 3. The van der Waals surface area contributed by atoms with E-state index in [1.807, 2.05) is 68.4 Å². The van der Waals surface area contributed by atoms with Gasteiger partial charge in [-0.15, -0.1) is 0 Å². The van der Waals surface area contributed by atoms with Crippen LogP contribution in [0, 0.1) is 19.3 Å². The van der Waals surface area contributed by atoms with Crippen LogP contribution in [0.3, 0.4) is 0 Å². The zero-order chi connectivity index (χ0) is 36.5. The van der Waals surface area contributed by atoms with Gasteiger partial charge in [0.15, 0.2) is 0 Å². The zero-order valence-electron chi connectivity index (χ0n) is 31.6. The van der Waals surface area contributed by atoms with Crippen molar-refractivity contribution in [2.24, 2.45) is 5.41 Å². The van der Waals surface area contributed by atoms with E-state index in [4.69, 9.17) is 19.3 Å². The Balaban J connectivity index is 0.000000353. The zero-order valence-corrected chi connectivity index (χ0v) is 31.6. The van der Waals surface area contributed by atoms with E-state index < -0.39 is 0 Å². The second-order valence-electron chi connectivity index (χ2n) is 15.2. The Hall–Kier alpha value is -4.13. The molecule has 0 saturated heterocycles. The van der Waals surface area contributed by atoms with Gasteiger partial charge in [-0.05, 0) is 73.1 Å². The van der Waals surface area contributed by atoms with Gasteiger partial charge in [0, 0.05) is 12.5 Å². The molecule has 4 rings (SSSR count). The molecule has 0 heterocycles. The molecule has 6 heteroatoms. The number of rotatable bonds is 12. The summed E-state index contributed by atoms with van der Waals surface area (Å²) in [6, 6.07) is 33.6. The van der Waals surface area contributed by atoms with Crippen molar-refractivity contribution in [1.82, 2.24) is 0 Å². The van der Waals surface area contributed by atoms with Gasteiger partial charge in [-0.2, -0.15) is 0 Å². The molecule has 266 valence electrons. The van der Waals surface area contributed by atoms with E-state index in [1.165, 1.54) is 30.0 Å². The lowest BCUT2D eigenvalue weighted by molar-refractivity contribution is -0.904. The highest BCUT2D eigenvalue weighted by molar-refractivity contribution is 5.69. The van der Waals surface area contributed by atoms with Crippen LogP contribution in [-0.2, 0) is 21.5 Å². The number of hydrogen-bond acceptors (Lipinski definition) is 5. The maximum atomic E-state index is 10.5. The third-order valence-corrected chi connectivity index (χ3v) is 7.72. The molecule has 4 aromatic carbocycles. The summed E-state index contributed by atoms with van der Waals surface area (Å²) in [7, 11) is 4.53. The molecule has 4 aromatic rings. The average Bonchev–Trinajstić information content (AvgIpc) is 3.01. The molecule has 0 spiro atoms. The molecule has 0 fully saturated rings.